The third-order valence-corrected chi connectivity index (χ3v) is 3.35. The van der Waals surface area contributed by atoms with Crippen molar-refractivity contribution in [1.82, 2.24) is 0 Å². The molecule has 1 heteroatoms. The molecule has 1 unspecified atom stereocenters. The van der Waals surface area contributed by atoms with Crippen LogP contribution >= 0.6 is 0 Å². The highest BCUT2D eigenvalue weighted by molar-refractivity contribution is 4.74. The van der Waals surface area contributed by atoms with Gasteiger partial charge in [0.1, 0.15) is 0 Å². The molecule has 0 aliphatic rings. The molecule has 0 heterocycles. The van der Waals surface area contributed by atoms with E-state index in [1.54, 1.807) is 0 Å². The second-order valence-corrected chi connectivity index (χ2v) is 6.28. The van der Waals surface area contributed by atoms with Crippen molar-refractivity contribution in [2.24, 2.45) is 5.41 Å². The Bertz CT molecular complexity index is 157. The van der Waals surface area contributed by atoms with E-state index in [4.69, 9.17) is 4.74 Å². The van der Waals surface area contributed by atoms with Gasteiger partial charge < -0.3 is 4.74 Å². The first-order valence-electron chi connectivity index (χ1n) is 7.64. The van der Waals surface area contributed by atoms with Crippen LogP contribution in [-0.2, 0) is 4.74 Å². The lowest BCUT2D eigenvalue weighted by Crippen LogP contribution is -2.29. The Morgan fingerprint density at radius 3 is 1.94 bits per heavy atom. The van der Waals surface area contributed by atoms with Gasteiger partial charge in [0, 0.05) is 6.61 Å². The summed E-state index contributed by atoms with van der Waals surface area (Å²) in [6, 6.07) is 0. The monoisotopic (exact) mass is 242 g/mol. The predicted molar refractivity (Wildman–Crippen MR) is 77.5 cm³/mol. The van der Waals surface area contributed by atoms with Crippen LogP contribution in [0.3, 0.4) is 0 Å². The summed E-state index contributed by atoms with van der Waals surface area (Å²) in [5.74, 6) is 0. The highest BCUT2D eigenvalue weighted by Crippen LogP contribution is 2.27. The molecular weight excluding hydrogens is 208 g/mol. The van der Waals surface area contributed by atoms with Crippen molar-refractivity contribution >= 4 is 0 Å². The third kappa shape index (κ3) is 9.64. The molecule has 0 N–H and O–H groups in total. The van der Waals surface area contributed by atoms with E-state index in [-0.39, 0.29) is 0 Å². The quantitative estimate of drug-likeness (QED) is 0.454. The maximum Gasteiger partial charge on any atom is 0.0623 e. The molecular formula is C16H34O. The molecule has 0 radical (unpaired) electrons. The van der Waals surface area contributed by atoms with Crippen LogP contribution in [0.15, 0.2) is 0 Å². The Labute approximate surface area is 109 Å². The van der Waals surface area contributed by atoms with Gasteiger partial charge in [0.25, 0.3) is 0 Å². The van der Waals surface area contributed by atoms with Gasteiger partial charge in [0.15, 0.2) is 0 Å². The molecule has 0 aromatic carbocycles. The molecule has 0 aliphatic carbocycles. The van der Waals surface area contributed by atoms with Crippen LogP contribution in [0.5, 0.6) is 0 Å². The Kier molecular flexibility index (Phi) is 9.91. The molecule has 0 aromatic rings. The summed E-state index contributed by atoms with van der Waals surface area (Å²) < 4.78 is 6.05. The maximum atomic E-state index is 6.05. The van der Waals surface area contributed by atoms with Gasteiger partial charge in [-0.15, -0.1) is 0 Å². The van der Waals surface area contributed by atoms with Crippen LogP contribution in [-0.4, -0.2) is 12.7 Å². The van der Waals surface area contributed by atoms with Crippen LogP contribution in [0.2, 0.25) is 0 Å². The summed E-state index contributed by atoms with van der Waals surface area (Å²) in [5.41, 5.74) is 0.290. The van der Waals surface area contributed by atoms with E-state index in [1.165, 1.54) is 51.4 Å². The zero-order chi connectivity index (χ0) is 13.1. The second kappa shape index (κ2) is 9.94. The topological polar surface area (TPSA) is 9.23 Å². The molecule has 1 nitrogen and oxygen atoms in total. The van der Waals surface area contributed by atoms with Crippen molar-refractivity contribution in [3.8, 4) is 0 Å². The van der Waals surface area contributed by atoms with E-state index in [9.17, 15) is 0 Å². The SMILES string of the molecule is CCCCCCCC(OCCCC)C(C)(C)C. The molecule has 17 heavy (non-hydrogen) atoms. The van der Waals surface area contributed by atoms with E-state index in [2.05, 4.69) is 34.6 Å². The maximum absolute atomic E-state index is 6.05. The van der Waals surface area contributed by atoms with E-state index in [0.717, 1.165) is 6.61 Å². The molecule has 0 amide bonds. The van der Waals surface area contributed by atoms with Gasteiger partial charge in [-0.05, 0) is 18.3 Å². The zero-order valence-corrected chi connectivity index (χ0v) is 12.8. The summed E-state index contributed by atoms with van der Waals surface area (Å²) in [5, 5.41) is 0. The molecule has 0 aromatic heterocycles. The molecule has 0 fully saturated rings. The Morgan fingerprint density at radius 2 is 1.41 bits per heavy atom. The first-order valence-corrected chi connectivity index (χ1v) is 7.64. The smallest absolute Gasteiger partial charge is 0.0623 e. The average molecular weight is 242 g/mol. The Hall–Kier alpha value is -0.0400. The van der Waals surface area contributed by atoms with Crippen molar-refractivity contribution in [2.75, 3.05) is 6.61 Å². The fourth-order valence-electron chi connectivity index (χ4n) is 2.07. The van der Waals surface area contributed by atoms with Gasteiger partial charge in [-0.1, -0.05) is 73.1 Å². The van der Waals surface area contributed by atoms with E-state index in [0.29, 0.717) is 11.5 Å². The zero-order valence-electron chi connectivity index (χ0n) is 12.8. The largest absolute Gasteiger partial charge is 0.378 e. The summed E-state index contributed by atoms with van der Waals surface area (Å²) in [4.78, 5) is 0. The minimum atomic E-state index is 0.290. The standard InChI is InChI=1S/C16H34O/c1-6-8-10-11-12-13-15(16(3,4)5)17-14-9-7-2/h15H,6-14H2,1-5H3. The number of ether oxygens (including phenoxy) is 1. The molecule has 0 bridgehead atoms. The second-order valence-electron chi connectivity index (χ2n) is 6.28. The van der Waals surface area contributed by atoms with Gasteiger partial charge >= 0.3 is 0 Å². The van der Waals surface area contributed by atoms with Gasteiger partial charge in [0.2, 0.25) is 0 Å². The summed E-state index contributed by atoms with van der Waals surface area (Å²) >= 11 is 0. The van der Waals surface area contributed by atoms with Gasteiger partial charge in [-0.3, -0.25) is 0 Å². The fraction of sp³-hybridized carbons (Fsp3) is 1.00. The number of unbranched alkanes of at least 4 members (excludes halogenated alkanes) is 5. The average Bonchev–Trinajstić information content (AvgIpc) is 2.25. The highest BCUT2D eigenvalue weighted by Gasteiger charge is 2.24. The van der Waals surface area contributed by atoms with Crippen molar-refractivity contribution in [3.05, 3.63) is 0 Å². The van der Waals surface area contributed by atoms with E-state index >= 15 is 0 Å². The molecule has 0 saturated heterocycles. The van der Waals surface area contributed by atoms with Crippen LogP contribution in [0.25, 0.3) is 0 Å². The molecule has 0 saturated carbocycles. The number of hydrogen-bond acceptors (Lipinski definition) is 1. The van der Waals surface area contributed by atoms with Crippen LogP contribution in [0, 0.1) is 5.41 Å². The van der Waals surface area contributed by atoms with Gasteiger partial charge in [-0.25, -0.2) is 0 Å². The summed E-state index contributed by atoms with van der Waals surface area (Å²) in [6.45, 7) is 12.3. The van der Waals surface area contributed by atoms with Gasteiger partial charge in [0.05, 0.1) is 6.10 Å². The summed E-state index contributed by atoms with van der Waals surface area (Å²) in [7, 11) is 0. The molecule has 0 rings (SSSR count). The molecule has 104 valence electrons. The molecule has 0 spiro atoms. The van der Waals surface area contributed by atoms with Crippen molar-refractivity contribution in [1.29, 1.82) is 0 Å². The summed E-state index contributed by atoms with van der Waals surface area (Å²) in [6.07, 6.45) is 10.9. The highest BCUT2D eigenvalue weighted by atomic mass is 16.5. The lowest BCUT2D eigenvalue weighted by atomic mass is 9.85. The Morgan fingerprint density at radius 1 is 0.824 bits per heavy atom. The Balaban J connectivity index is 3.78. The van der Waals surface area contributed by atoms with Crippen LogP contribution in [0.4, 0.5) is 0 Å². The third-order valence-electron chi connectivity index (χ3n) is 3.35. The molecule has 1 atom stereocenters. The lowest BCUT2D eigenvalue weighted by molar-refractivity contribution is -0.0252. The van der Waals surface area contributed by atoms with Crippen molar-refractivity contribution < 1.29 is 4.74 Å². The van der Waals surface area contributed by atoms with Crippen molar-refractivity contribution in [2.45, 2.75) is 92.1 Å². The lowest BCUT2D eigenvalue weighted by Gasteiger charge is -2.31. The normalized spacial score (nSPS) is 13.9. The fourth-order valence-corrected chi connectivity index (χ4v) is 2.07. The minimum Gasteiger partial charge on any atom is -0.378 e. The minimum absolute atomic E-state index is 0.290. The molecule has 0 aliphatic heterocycles. The van der Waals surface area contributed by atoms with Crippen LogP contribution < -0.4 is 0 Å². The van der Waals surface area contributed by atoms with Crippen LogP contribution in [0.1, 0.15) is 86.0 Å². The number of hydrogen-bond donors (Lipinski definition) is 0. The van der Waals surface area contributed by atoms with E-state index < -0.39 is 0 Å². The van der Waals surface area contributed by atoms with Gasteiger partial charge in [-0.2, -0.15) is 0 Å². The van der Waals surface area contributed by atoms with Crippen molar-refractivity contribution in [3.63, 3.8) is 0 Å². The predicted octanol–water partition coefficient (Wildman–Crippen LogP) is 5.58. The first kappa shape index (κ1) is 17.0. The van der Waals surface area contributed by atoms with E-state index in [1.807, 2.05) is 0 Å². The number of rotatable bonds is 10. The first-order chi connectivity index (χ1) is 8.02.